The molecular weight excluding hydrogens is 270 g/mol. The van der Waals surface area contributed by atoms with E-state index in [9.17, 15) is 23.1 Å². The van der Waals surface area contributed by atoms with Gasteiger partial charge in [-0.15, -0.1) is 0 Å². The Hall–Kier alpha value is -1.11. The molecule has 0 aromatic heterocycles. The summed E-state index contributed by atoms with van der Waals surface area (Å²) in [7, 11) is -3.21. The van der Waals surface area contributed by atoms with Crippen molar-refractivity contribution in [2.24, 2.45) is 11.8 Å². The molecule has 0 spiro atoms. The first kappa shape index (κ1) is 15.9. The number of likely N-dealkylation sites (tertiary alicyclic amines) is 1. The number of carboxylic acid groups (broad SMARTS) is 1. The highest BCUT2D eigenvalue weighted by atomic mass is 32.2. The number of carbonyl (C=O) groups excluding carboxylic acids is 1. The fourth-order valence-electron chi connectivity index (χ4n) is 3.00. The van der Waals surface area contributed by atoms with Crippen molar-refractivity contribution >= 4 is 21.7 Å². The molecule has 1 saturated heterocycles. The zero-order chi connectivity index (χ0) is 15.0. The van der Waals surface area contributed by atoms with Crippen molar-refractivity contribution in [3.8, 4) is 0 Å². The maximum Gasteiger partial charge on any atom is 0.308 e. The average Bonchev–Trinajstić information content (AvgIpc) is 2.11. The summed E-state index contributed by atoms with van der Waals surface area (Å²) in [6, 6.07) is -1.00. The SMILES string of the molecule is CC1CC(=O)N(C(C)CS(C)(=O)=O)C(C)C1C(=O)O. The highest BCUT2D eigenvalue weighted by molar-refractivity contribution is 7.90. The fourth-order valence-corrected chi connectivity index (χ4v) is 4.04. The van der Waals surface area contributed by atoms with Crippen LogP contribution < -0.4 is 0 Å². The molecule has 1 N–H and O–H groups in total. The van der Waals surface area contributed by atoms with Gasteiger partial charge in [-0.3, -0.25) is 9.59 Å². The molecule has 0 aliphatic carbocycles. The lowest BCUT2D eigenvalue weighted by Gasteiger charge is -2.43. The Morgan fingerprint density at radius 2 is 2.00 bits per heavy atom. The van der Waals surface area contributed by atoms with E-state index in [-0.39, 0.29) is 24.0 Å². The van der Waals surface area contributed by atoms with Gasteiger partial charge in [0, 0.05) is 24.8 Å². The predicted molar refractivity (Wildman–Crippen MR) is 70.4 cm³/mol. The van der Waals surface area contributed by atoms with Gasteiger partial charge in [0.1, 0.15) is 9.84 Å². The summed E-state index contributed by atoms with van der Waals surface area (Å²) in [5.41, 5.74) is 0. The Labute approximate surface area is 113 Å². The Morgan fingerprint density at radius 1 is 1.47 bits per heavy atom. The van der Waals surface area contributed by atoms with Gasteiger partial charge in [0.25, 0.3) is 0 Å². The van der Waals surface area contributed by atoms with Crippen LogP contribution in [0.2, 0.25) is 0 Å². The van der Waals surface area contributed by atoms with Gasteiger partial charge in [0.15, 0.2) is 0 Å². The van der Waals surface area contributed by atoms with E-state index in [4.69, 9.17) is 0 Å². The monoisotopic (exact) mass is 291 g/mol. The van der Waals surface area contributed by atoms with Crippen molar-refractivity contribution in [3.05, 3.63) is 0 Å². The molecule has 0 saturated carbocycles. The lowest BCUT2D eigenvalue weighted by molar-refractivity contribution is -0.156. The molecule has 1 aliphatic heterocycles. The van der Waals surface area contributed by atoms with E-state index >= 15 is 0 Å². The zero-order valence-corrected chi connectivity index (χ0v) is 12.5. The largest absolute Gasteiger partial charge is 0.481 e. The van der Waals surface area contributed by atoms with Gasteiger partial charge >= 0.3 is 5.97 Å². The minimum Gasteiger partial charge on any atom is -0.481 e. The van der Waals surface area contributed by atoms with Crippen LogP contribution in [0.1, 0.15) is 27.2 Å². The molecule has 6 nitrogen and oxygen atoms in total. The molecule has 7 heteroatoms. The number of piperidine rings is 1. The molecule has 1 heterocycles. The van der Waals surface area contributed by atoms with Gasteiger partial charge in [0.05, 0.1) is 11.7 Å². The number of hydrogen-bond acceptors (Lipinski definition) is 4. The molecule has 1 rings (SSSR count). The van der Waals surface area contributed by atoms with Gasteiger partial charge in [-0.2, -0.15) is 0 Å². The standard InChI is InChI=1S/C12H21NO5S/c1-7-5-10(14)13(8(2)6-19(4,17)18)9(3)11(7)12(15)16/h7-9,11H,5-6H2,1-4H3,(H,15,16). The number of nitrogens with zero attached hydrogens (tertiary/aromatic N) is 1. The molecule has 0 radical (unpaired) electrons. The second kappa shape index (κ2) is 5.48. The van der Waals surface area contributed by atoms with Gasteiger partial charge in [-0.25, -0.2) is 8.42 Å². The topological polar surface area (TPSA) is 91.8 Å². The Bertz CT molecular complexity index is 473. The first-order valence-electron chi connectivity index (χ1n) is 6.26. The highest BCUT2D eigenvalue weighted by Gasteiger charge is 2.43. The fraction of sp³-hybridized carbons (Fsp3) is 0.833. The Balaban J connectivity index is 2.98. The van der Waals surface area contributed by atoms with Crippen molar-refractivity contribution in [1.29, 1.82) is 0 Å². The van der Waals surface area contributed by atoms with Crippen LogP contribution in [0.3, 0.4) is 0 Å². The third-order valence-electron chi connectivity index (χ3n) is 3.66. The quantitative estimate of drug-likeness (QED) is 0.808. The second-order valence-electron chi connectivity index (χ2n) is 5.53. The highest BCUT2D eigenvalue weighted by Crippen LogP contribution is 2.31. The van der Waals surface area contributed by atoms with Crippen LogP contribution in [0.4, 0.5) is 0 Å². The van der Waals surface area contributed by atoms with Crippen molar-refractivity contribution < 1.29 is 23.1 Å². The lowest BCUT2D eigenvalue weighted by atomic mass is 9.80. The molecule has 1 amide bonds. The molecule has 0 bridgehead atoms. The number of carboxylic acids is 1. The number of sulfone groups is 1. The van der Waals surface area contributed by atoms with E-state index in [2.05, 4.69) is 0 Å². The summed E-state index contributed by atoms with van der Waals surface area (Å²) in [6.45, 7) is 5.06. The Kier molecular flexibility index (Phi) is 4.60. The molecule has 110 valence electrons. The van der Waals surface area contributed by atoms with Gasteiger partial charge < -0.3 is 10.0 Å². The Morgan fingerprint density at radius 3 is 2.42 bits per heavy atom. The van der Waals surface area contributed by atoms with Crippen molar-refractivity contribution in [1.82, 2.24) is 4.90 Å². The van der Waals surface area contributed by atoms with Gasteiger partial charge in [0.2, 0.25) is 5.91 Å². The van der Waals surface area contributed by atoms with Crippen LogP contribution in [0, 0.1) is 11.8 Å². The van der Waals surface area contributed by atoms with Crippen LogP contribution in [0.5, 0.6) is 0 Å². The van der Waals surface area contributed by atoms with E-state index in [1.54, 1.807) is 20.8 Å². The van der Waals surface area contributed by atoms with Crippen LogP contribution in [0.25, 0.3) is 0 Å². The summed E-state index contributed by atoms with van der Waals surface area (Å²) in [5.74, 6) is -2.15. The van der Waals surface area contributed by atoms with E-state index < -0.39 is 33.8 Å². The summed E-state index contributed by atoms with van der Waals surface area (Å²) >= 11 is 0. The molecular formula is C12H21NO5S. The molecule has 4 unspecified atom stereocenters. The maximum absolute atomic E-state index is 12.0. The molecule has 0 aromatic rings. The normalized spacial score (nSPS) is 30.2. The maximum atomic E-state index is 12.0. The summed E-state index contributed by atoms with van der Waals surface area (Å²) in [5, 5.41) is 9.24. The lowest BCUT2D eigenvalue weighted by Crippen LogP contribution is -2.57. The zero-order valence-electron chi connectivity index (χ0n) is 11.7. The number of aliphatic carboxylic acids is 1. The van der Waals surface area contributed by atoms with Gasteiger partial charge in [-0.1, -0.05) is 6.92 Å². The molecule has 1 fully saturated rings. The van der Waals surface area contributed by atoms with E-state index in [1.807, 2.05) is 0 Å². The molecule has 19 heavy (non-hydrogen) atoms. The second-order valence-corrected chi connectivity index (χ2v) is 7.71. The third-order valence-corrected chi connectivity index (χ3v) is 4.75. The van der Waals surface area contributed by atoms with E-state index in [0.717, 1.165) is 6.26 Å². The number of amides is 1. The number of hydrogen-bond donors (Lipinski definition) is 1. The van der Waals surface area contributed by atoms with Crippen LogP contribution in [0.15, 0.2) is 0 Å². The van der Waals surface area contributed by atoms with Crippen molar-refractivity contribution in [2.75, 3.05) is 12.0 Å². The van der Waals surface area contributed by atoms with Crippen LogP contribution in [-0.2, 0) is 19.4 Å². The van der Waals surface area contributed by atoms with Crippen LogP contribution >= 0.6 is 0 Å². The van der Waals surface area contributed by atoms with E-state index in [0.29, 0.717) is 0 Å². The smallest absolute Gasteiger partial charge is 0.308 e. The number of rotatable bonds is 4. The average molecular weight is 291 g/mol. The number of carbonyl (C=O) groups is 2. The van der Waals surface area contributed by atoms with Crippen molar-refractivity contribution in [2.45, 2.75) is 39.3 Å². The summed E-state index contributed by atoms with van der Waals surface area (Å²) < 4.78 is 22.6. The first-order valence-corrected chi connectivity index (χ1v) is 8.32. The minimum absolute atomic E-state index is 0.148. The molecule has 4 atom stereocenters. The van der Waals surface area contributed by atoms with Gasteiger partial charge in [-0.05, 0) is 19.8 Å². The summed E-state index contributed by atoms with van der Waals surface area (Å²) in [6.07, 6.45) is 1.26. The predicted octanol–water partition coefficient (Wildman–Crippen LogP) is 0.377. The van der Waals surface area contributed by atoms with E-state index in [1.165, 1.54) is 4.90 Å². The van der Waals surface area contributed by atoms with Crippen LogP contribution in [-0.4, -0.2) is 54.4 Å². The third kappa shape index (κ3) is 3.68. The molecule has 1 aliphatic rings. The first-order chi connectivity index (χ1) is 8.54. The molecule has 0 aromatic carbocycles. The summed E-state index contributed by atoms with van der Waals surface area (Å²) in [4.78, 5) is 24.7. The van der Waals surface area contributed by atoms with Crippen molar-refractivity contribution in [3.63, 3.8) is 0 Å². The minimum atomic E-state index is -3.21.